The summed E-state index contributed by atoms with van der Waals surface area (Å²) in [6.07, 6.45) is 8.80. The molecule has 4 unspecified atom stereocenters. The Morgan fingerprint density at radius 3 is 1.25 bits per heavy atom. The molecule has 0 spiro atoms. The third-order valence-electron chi connectivity index (χ3n) is 29.5. The highest BCUT2D eigenvalue weighted by molar-refractivity contribution is 7.93. The first-order chi connectivity index (χ1) is 70.7. The van der Waals surface area contributed by atoms with E-state index in [0.29, 0.717) is 150 Å². The van der Waals surface area contributed by atoms with E-state index in [4.69, 9.17) is 33.2 Å². The topological polar surface area (TPSA) is 287 Å². The molecule has 21 rings (SSSR count). The van der Waals surface area contributed by atoms with Crippen molar-refractivity contribution in [2.75, 3.05) is 161 Å². The van der Waals surface area contributed by atoms with E-state index in [1.165, 1.54) is 90.8 Å². The Hall–Kier alpha value is -14.8. The van der Waals surface area contributed by atoms with Crippen molar-refractivity contribution in [2.45, 2.75) is 116 Å². The van der Waals surface area contributed by atoms with E-state index in [-0.39, 0.29) is 73.2 Å². The zero-order valence-electron chi connectivity index (χ0n) is 84.5. The molecule has 11 aromatic rings. The van der Waals surface area contributed by atoms with Crippen LogP contribution in [0, 0.1) is 5.92 Å². The molecular formula is C115H125N13O17S. The summed E-state index contributed by atoms with van der Waals surface area (Å²) in [4.78, 5) is 137. The zero-order valence-corrected chi connectivity index (χ0v) is 85.3. The largest absolute Gasteiger partial charge is 0.493 e. The van der Waals surface area contributed by atoms with E-state index in [2.05, 4.69) is 138 Å². The Labute approximate surface area is 853 Å². The van der Waals surface area contributed by atoms with E-state index in [1.807, 2.05) is 91.0 Å². The van der Waals surface area contributed by atoms with Gasteiger partial charge in [-0.3, -0.25) is 82.5 Å². The van der Waals surface area contributed by atoms with Gasteiger partial charge >= 0.3 is 0 Å². The van der Waals surface area contributed by atoms with Crippen LogP contribution in [-0.2, 0) is 49.1 Å². The predicted molar refractivity (Wildman–Crippen MR) is 560 cm³/mol. The lowest BCUT2D eigenvalue weighted by molar-refractivity contribution is 0.0625. The molecule has 4 bridgehead atoms. The van der Waals surface area contributed by atoms with Crippen molar-refractivity contribution in [2.24, 2.45) is 5.92 Å². The fourth-order valence-corrected chi connectivity index (χ4v) is 22.7. The number of ether oxygens (including phenoxy) is 7. The average Bonchev–Trinajstić information content (AvgIpc) is 1.61. The number of pyridine rings is 1. The maximum Gasteiger partial charge on any atom is 0.264 e. The Morgan fingerprint density at radius 2 is 0.774 bits per heavy atom. The van der Waals surface area contributed by atoms with Crippen LogP contribution in [0.5, 0.6) is 40.2 Å². The predicted octanol–water partition coefficient (Wildman–Crippen LogP) is 15.8. The highest BCUT2D eigenvalue weighted by Crippen LogP contribution is 2.46. The van der Waals surface area contributed by atoms with Crippen molar-refractivity contribution in [1.82, 2.24) is 44.2 Å². The smallest absolute Gasteiger partial charge is 0.264 e. The molecule has 6 fully saturated rings. The molecule has 0 aliphatic carbocycles. The number of anilines is 4. The zero-order chi connectivity index (χ0) is 102. The number of hydrogen-bond donors (Lipinski definition) is 0. The third-order valence-corrected chi connectivity index (χ3v) is 30.1. The molecule has 11 heterocycles. The molecule has 1 aromatic heterocycles. The number of amides is 8. The molecule has 0 N–H and O–H groups in total. The highest BCUT2D eigenvalue weighted by atomic mass is 32.2. The third kappa shape index (κ3) is 21.1. The number of sulfone groups is 1. The van der Waals surface area contributed by atoms with Gasteiger partial charge in [-0.2, -0.15) is 0 Å². The van der Waals surface area contributed by atoms with E-state index < -0.39 is 21.7 Å². The maximum atomic E-state index is 13.9. The van der Waals surface area contributed by atoms with Crippen LogP contribution in [0.2, 0.25) is 0 Å². The van der Waals surface area contributed by atoms with Gasteiger partial charge in [-0.1, -0.05) is 153 Å². The van der Waals surface area contributed by atoms with Gasteiger partial charge in [0, 0.05) is 152 Å². The van der Waals surface area contributed by atoms with Crippen molar-refractivity contribution in [3.05, 3.63) is 325 Å². The number of carbonyl (C=O) groups is 8. The Balaban J connectivity index is 0.000000128. The lowest BCUT2D eigenvalue weighted by atomic mass is 9.99. The molecule has 6 saturated heterocycles. The molecule has 0 saturated carbocycles. The van der Waals surface area contributed by atoms with E-state index in [0.717, 1.165) is 132 Å². The number of rotatable bonds is 29. The van der Waals surface area contributed by atoms with Gasteiger partial charge in [-0.25, -0.2) is 8.42 Å². The van der Waals surface area contributed by atoms with Gasteiger partial charge in [0.15, 0.2) is 44.3 Å². The standard InChI is InChI=1S/C32H35N3O6S.C30H31N3O4.C27H26N4O2.C26H33N3O5/c1-22(24-8-6-5-7-9-24)33-15-17-34(18-16-33)26-12-11-25(14-19-42(4,38)39)29-30(26)32(37)35(31(29)36)21-23-10-13-27(40-2)28(20-23)41-3;1-36-26-13-6-10-21(28(26)37-2)17-33-29(34)24-11-7-12-25(27(24)30(33)35)31-18-22-14-15-23(19-31)32(22)16-20-8-4-3-5-9-20;32-26-23-10-6-11-24(25(23)27(33)31(26)16-20-9-4-5-14-28-20)29-17-21-12-13-22(18-29)30(21)15-19-7-2-1-3-8-19;1-17(2)15-27-9-11-28(12-10-27)20-8-6-7-19-23(20)26(31)29(25(19)30)16-18-13-21(32-3)24(34-5)22(14-18)33-4/h5-14,19-20,22H,15-18,21H2,1-4H3;3-13,22-23H,14-19H2,1-2H3;1-11,14,21-22H,12-13,15-18H2;6-8,13-14,17H,9-12,15-16H2,1-5H3/b19-14+;;;/t22-;;;/m1.../s1. The molecule has 758 valence electrons. The van der Waals surface area contributed by atoms with Crippen molar-refractivity contribution >= 4 is 85.9 Å². The lowest BCUT2D eigenvalue weighted by Gasteiger charge is -2.42. The van der Waals surface area contributed by atoms with Crippen molar-refractivity contribution < 1.29 is 79.9 Å². The molecule has 146 heavy (non-hydrogen) atoms. The average molecular weight is 1990 g/mol. The van der Waals surface area contributed by atoms with Crippen LogP contribution in [0.15, 0.2) is 236 Å². The van der Waals surface area contributed by atoms with Gasteiger partial charge in [0.1, 0.15) is 0 Å². The van der Waals surface area contributed by atoms with Gasteiger partial charge in [-0.15, -0.1) is 0 Å². The summed E-state index contributed by atoms with van der Waals surface area (Å²) in [6.45, 7) is 20.0. The number of hydrogen-bond acceptors (Lipinski definition) is 26. The molecule has 10 aliphatic heterocycles. The van der Waals surface area contributed by atoms with Gasteiger partial charge in [0.2, 0.25) is 5.75 Å². The van der Waals surface area contributed by atoms with Gasteiger partial charge < -0.3 is 52.8 Å². The second-order valence-corrected chi connectivity index (χ2v) is 40.8. The van der Waals surface area contributed by atoms with Gasteiger partial charge in [0.05, 0.1) is 149 Å². The van der Waals surface area contributed by atoms with Crippen molar-refractivity contribution in [3.8, 4) is 40.2 Å². The number of nitrogens with zero attached hydrogens (tertiary/aromatic N) is 13. The van der Waals surface area contributed by atoms with Crippen molar-refractivity contribution in [1.29, 1.82) is 0 Å². The van der Waals surface area contributed by atoms with Crippen LogP contribution < -0.4 is 52.8 Å². The lowest BCUT2D eigenvalue weighted by Crippen LogP contribution is -2.53. The molecular weight excluding hydrogens is 1870 g/mol. The second-order valence-electron chi connectivity index (χ2n) is 38.8. The molecule has 30 nitrogen and oxygen atoms in total. The van der Waals surface area contributed by atoms with E-state index >= 15 is 0 Å². The molecule has 10 aliphatic rings. The Morgan fingerprint density at radius 1 is 0.349 bits per heavy atom. The fraction of sp³-hybridized carbons (Fsp3) is 0.348. The number of benzene rings is 10. The number of imide groups is 4. The first-order valence-electron chi connectivity index (χ1n) is 49.8. The van der Waals surface area contributed by atoms with Gasteiger partial charge in [0.25, 0.3) is 47.3 Å². The number of piperazine rings is 4. The summed E-state index contributed by atoms with van der Waals surface area (Å²) in [5, 5.41) is 1.06. The summed E-state index contributed by atoms with van der Waals surface area (Å²) in [5.74, 6) is 1.81. The summed E-state index contributed by atoms with van der Waals surface area (Å²) >= 11 is 0. The van der Waals surface area contributed by atoms with Crippen LogP contribution in [-0.4, -0.2) is 265 Å². The summed E-state index contributed by atoms with van der Waals surface area (Å²) in [5.41, 5.74) is 14.0. The molecule has 0 radical (unpaired) electrons. The number of fused-ring (bicyclic) bond motifs is 8. The minimum atomic E-state index is -3.45. The highest BCUT2D eigenvalue weighted by Gasteiger charge is 2.49. The Bertz CT molecular complexity index is 6810. The number of carbonyl (C=O) groups excluding carboxylic acids is 8. The molecule has 31 heteroatoms. The number of para-hydroxylation sites is 1. The van der Waals surface area contributed by atoms with Crippen LogP contribution in [0.1, 0.15) is 180 Å². The van der Waals surface area contributed by atoms with Crippen LogP contribution in [0.4, 0.5) is 22.7 Å². The van der Waals surface area contributed by atoms with Crippen molar-refractivity contribution in [3.63, 3.8) is 0 Å². The first-order valence-corrected chi connectivity index (χ1v) is 51.8. The van der Waals surface area contributed by atoms with Crippen LogP contribution >= 0.6 is 0 Å². The molecule has 5 atom stereocenters. The minimum Gasteiger partial charge on any atom is -0.493 e. The first kappa shape index (κ1) is 101. The quantitative estimate of drug-likeness (QED) is 0.0394. The van der Waals surface area contributed by atoms with Gasteiger partial charge in [-0.05, 0) is 163 Å². The Kier molecular flexibility index (Phi) is 30.8. The van der Waals surface area contributed by atoms with Crippen LogP contribution in [0.3, 0.4) is 0 Å². The SMILES string of the molecule is COc1cc(CN2C(=O)c3cccc(N4CCN(CC(C)C)CC4)c3C2=O)cc(OC)c1OC.COc1ccc(CN2C(=O)c3c(/C=C/S(C)(=O)=O)ccc(N4CCN([C@H](C)c5ccccc5)CC4)c3C2=O)cc1OC.COc1cccc(CN2C(=O)c3cccc(N4CC5CCC(C4)N5Cc4ccccc4)c3C2=O)c1OC.O=C1c2cccc(N3CC4CCC(C3)N4Cc3ccccc3)c2C(=O)N1Cc1ccccn1. The maximum absolute atomic E-state index is 13.9. The second kappa shape index (κ2) is 44.4. The monoisotopic (exact) mass is 1990 g/mol. The van der Waals surface area contributed by atoms with E-state index in [1.54, 1.807) is 81.1 Å². The van der Waals surface area contributed by atoms with E-state index in [9.17, 15) is 46.8 Å². The molecule has 8 amide bonds. The normalized spacial score (nSPS) is 18.9. The summed E-state index contributed by atoms with van der Waals surface area (Å²) in [6, 6.07) is 73.9. The number of methoxy groups -OCH3 is 7. The molecule has 10 aromatic carbocycles. The van der Waals surface area contributed by atoms with Crippen LogP contribution in [0.25, 0.3) is 6.08 Å². The fourth-order valence-electron chi connectivity index (χ4n) is 22.3. The summed E-state index contributed by atoms with van der Waals surface area (Å²) in [7, 11) is 7.36. The minimum absolute atomic E-state index is 0.0315. The summed E-state index contributed by atoms with van der Waals surface area (Å²) < 4.78 is 61.7. The number of aromatic nitrogens is 1.